The fourth-order valence-electron chi connectivity index (χ4n) is 2.24. The highest BCUT2D eigenvalue weighted by Gasteiger charge is 2.38. The molecule has 0 bridgehead atoms. The summed E-state index contributed by atoms with van der Waals surface area (Å²) in [6, 6.07) is 0.540. The second-order valence-corrected chi connectivity index (χ2v) is 4.22. The van der Waals surface area contributed by atoms with Crippen LogP contribution < -0.4 is 5.32 Å². The molecule has 1 fully saturated rings. The summed E-state index contributed by atoms with van der Waals surface area (Å²) >= 11 is 0. The molecule has 1 aliphatic rings. The molecule has 0 saturated heterocycles. The van der Waals surface area contributed by atoms with Gasteiger partial charge in [-0.3, -0.25) is 0 Å². The number of methoxy groups -OCH3 is 1. The van der Waals surface area contributed by atoms with E-state index < -0.39 is 0 Å². The van der Waals surface area contributed by atoms with Crippen molar-refractivity contribution in [2.24, 2.45) is 0 Å². The molecule has 0 spiro atoms. The molecule has 1 atom stereocenters. The second kappa shape index (κ2) is 5.52. The zero-order valence-corrected chi connectivity index (χ0v) is 9.51. The molecule has 1 aliphatic carbocycles. The number of hydrogen-bond donors (Lipinski definition) is 1. The van der Waals surface area contributed by atoms with Crippen LogP contribution in [0.4, 0.5) is 0 Å². The lowest BCUT2D eigenvalue weighted by Gasteiger charge is -2.42. The van der Waals surface area contributed by atoms with E-state index in [1.807, 2.05) is 13.2 Å². The molecule has 1 rings (SSSR count). The van der Waals surface area contributed by atoms with E-state index >= 15 is 0 Å². The van der Waals surface area contributed by atoms with Crippen molar-refractivity contribution in [2.75, 3.05) is 13.7 Å². The lowest BCUT2D eigenvalue weighted by Crippen LogP contribution is -2.45. The lowest BCUT2D eigenvalue weighted by atomic mass is 9.75. The fraction of sp³-hybridized carbons (Fsp3) is 0.833. The zero-order valence-electron chi connectivity index (χ0n) is 9.51. The van der Waals surface area contributed by atoms with Gasteiger partial charge in [0.2, 0.25) is 0 Å². The smallest absolute Gasteiger partial charge is 0.0693 e. The van der Waals surface area contributed by atoms with E-state index in [0.29, 0.717) is 6.04 Å². The Morgan fingerprint density at radius 1 is 1.57 bits per heavy atom. The number of hydrogen-bond acceptors (Lipinski definition) is 2. The Labute approximate surface area is 87.7 Å². The van der Waals surface area contributed by atoms with Crippen molar-refractivity contribution in [3.8, 4) is 0 Å². The Morgan fingerprint density at radius 2 is 2.29 bits per heavy atom. The zero-order chi connectivity index (χ0) is 10.4. The molecule has 1 unspecified atom stereocenters. The van der Waals surface area contributed by atoms with Crippen molar-refractivity contribution in [3.05, 3.63) is 12.7 Å². The topological polar surface area (TPSA) is 21.3 Å². The van der Waals surface area contributed by atoms with Gasteiger partial charge in [0.1, 0.15) is 0 Å². The minimum absolute atomic E-state index is 0.176. The summed E-state index contributed by atoms with van der Waals surface area (Å²) in [5, 5.41) is 3.49. The van der Waals surface area contributed by atoms with Crippen LogP contribution in [0.5, 0.6) is 0 Å². The minimum atomic E-state index is 0.176. The standard InChI is InChI=1S/C12H23NO/c1-4-7-11(13-5-2)10-12(14-3)8-6-9-12/h4,11,13H,1,5-10H2,2-3H3. The first-order chi connectivity index (χ1) is 6.76. The predicted molar refractivity (Wildman–Crippen MR) is 60.5 cm³/mol. The normalized spacial score (nSPS) is 21.3. The van der Waals surface area contributed by atoms with E-state index in [1.165, 1.54) is 19.3 Å². The molecule has 0 aliphatic heterocycles. The van der Waals surface area contributed by atoms with Crippen LogP contribution in [-0.4, -0.2) is 25.3 Å². The second-order valence-electron chi connectivity index (χ2n) is 4.22. The van der Waals surface area contributed by atoms with Crippen LogP contribution in [0.25, 0.3) is 0 Å². The summed E-state index contributed by atoms with van der Waals surface area (Å²) in [4.78, 5) is 0. The van der Waals surface area contributed by atoms with Gasteiger partial charge in [0, 0.05) is 13.2 Å². The maximum absolute atomic E-state index is 5.62. The highest BCUT2D eigenvalue weighted by Crippen LogP contribution is 2.39. The van der Waals surface area contributed by atoms with Crippen LogP contribution in [0.3, 0.4) is 0 Å². The van der Waals surface area contributed by atoms with Gasteiger partial charge in [-0.1, -0.05) is 13.0 Å². The van der Waals surface area contributed by atoms with Crippen molar-refractivity contribution >= 4 is 0 Å². The molecular weight excluding hydrogens is 174 g/mol. The average Bonchev–Trinajstić information content (AvgIpc) is 2.12. The summed E-state index contributed by atoms with van der Waals surface area (Å²) in [5.74, 6) is 0. The van der Waals surface area contributed by atoms with Crippen LogP contribution in [0.2, 0.25) is 0 Å². The molecule has 0 aromatic heterocycles. The monoisotopic (exact) mass is 197 g/mol. The quantitative estimate of drug-likeness (QED) is 0.633. The molecule has 0 heterocycles. The molecule has 0 amide bonds. The molecule has 0 aromatic rings. The van der Waals surface area contributed by atoms with Crippen molar-refractivity contribution in [2.45, 2.75) is 50.7 Å². The lowest BCUT2D eigenvalue weighted by molar-refractivity contribution is -0.0831. The first-order valence-corrected chi connectivity index (χ1v) is 5.66. The summed E-state index contributed by atoms with van der Waals surface area (Å²) in [6.07, 6.45) is 7.93. The molecule has 2 heteroatoms. The van der Waals surface area contributed by atoms with Crippen LogP contribution in [-0.2, 0) is 4.74 Å². The van der Waals surface area contributed by atoms with E-state index in [4.69, 9.17) is 4.74 Å². The van der Waals surface area contributed by atoms with Gasteiger partial charge in [-0.2, -0.15) is 0 Å². The summed E-state index contributed by atoms with van der Waals surface area (Å²) in [5.41, 5.74) is 0.176. The van der Waals surface area contributed by atoms with E-state index in [2.05, 4.69) is 18.8 Å². The Kier molecular flexibility index (Phi) is 4.63. The Bertz CT molecular complexity index is 170. The van der Waals surface area contributed by atoms with Gasteiger partial charge >= 0.3 is 0 Å². The summed E-state index contributed by atoms with van der Waals surface area (Å²) in [7, 11) is 1.84. The molecular formula is C12H23NO. The highest BCUT2D eigenvalue weighted by molar-refractivity contribution is 4.94. The van der Waals surface area contributed by atoms with E-state index in [9.17, 15) is 0 Å². The number of nitrogens with one attached hydrogen (secondary N) is 1. The third-order valence-corrected chi connectivity index (χ3v) is 3.26. The van der Waals surface area contributed by atoms with E-state index in [-0.39, 0.29) is 5.60 Å². The Morgan fingerprint density at radius 3 is 2.64 bits per heavy atom. The van der Waals surface area contributed by atoms with Gasteiger partial charge in [0.15, 0.2) is 0 Å². The minimum Gasteiger partial charge on any atom is -0.378 e. The predicted octanol–water partition coefficient (Wildman–Crippen LogP) is 2.50. The van der Waals surface area contributed by atoms with Crippen LogP contribution in [0.15, 0.2) is 12.7 Å². The molecule has 14 heavy (non-hydrogen) atoms. The van der Waals surface area contributed by atoms with Crippen LogP contribution in [0, 0.1) is 0 Å². The SMILES string of the molecule is C=CCC(CC1(OC)CCC1)NCC. The Hall–Kier alpha value is -0.340. The maximum atomic E-state index is 5.62. The molecule has 1 N–H and O–H groups in total. The number of ether oxygens (including phenoxy) is 1. The first kappa shape index (κ1) is 11.7. The molecule has 0 aromatic carbocycles. The largest absolute Gasteiger partial charge is 0.378 e. The van der Waals surface area contributed by atoms with Crippen LogP contribution in [0.1, 0.15) is 39.0 Å². The van der Waals surface area contributed by atoms with E-state index in [1.54, 1.807) is 0 Å². The van der Waals surface area contributed by atoms with Gasteiger partial charge in [-0.05, 0) is 38.6 Å². The van der Waals surface area contributed by atoms with Crippen molar-refractivity contribution in [3.63, 3.8) is 0 Å². The molecule has 82 valence electrons. The molecule has 2 nitrogen and oxygen atoms in total. The van der Waals surface area contributed by atoms with Crippen molar-refractivity contribution in [1.82, 2.24) is 5.32 Å². The van der Waals surface area contributed by atoms with Gasteiger partial charge in [-0.15, -0.1) is 6.58 Å². The summed E-state index contributed by atoms with van der Waals surface area (Å²) < 4.78 is 5.62. The highest BCUT2D eigenvalue weighted by atomic mass is 16.5. The van der Waals surface area contributed by atoms with Crippen molar-refractivity contribution < 1.29 is 4.74 Å². The van der Waals surface area contributed by atoms with E-state index in [0.717, 1.165) is 19.4 Å². The third kappa shape index (κ3) is 2.82. The van der Waals surface area contributed by atoms with Gasteiger partial charge in [0.05, 0.1) is 5.60 Å². The van der Waals surface area contributed by atoms with Crippen LogP contribution >= 0.6 is 0 Å². The van der Waals surface area contributed by atoms with Gasteiger partial charge in [-0.25, -0.2) is 0 Å². The van der Waals surface area contributed by atoms with Gasteiger partial charge < -0.3 is 10.1 Å². The fourth-order valence-corrected chi connectivity index (χ4v) is 2.24. The van der Waals surface area contributed by atoms with Crippen molar-refractivity contribution in [1.29, 1.82) is 0 Å². The third-order valence-electron chi connectivity index (χ3n) is 3.26. The average molecular weight is 197 g/mol. The molecule has 0 radical (unpaired) electrons. The number of rotatable bonds is 7. The Balaban J connectivity index is 2.39. The van der Waals surface area contributed by atoms with Gasteiger partial charge in [0.25, 0.3) is 0 Å². The first-order valence-electron chi connectivity index (χ1n) is 5.66. The molecule has 1 saturated carbocycles. The maximum Gasteiger partial charge on any atom is 0.0693 e. The summed E-state index contributed by atoms with van der Waals surface area (Å²) in [6.45, 7) is 6.98.